The number of nitrogens with one attached hydrogen (secondary N) is 1. The van der Waals surface area contributed by atoms with E-state index in [1.807, 2.05) is 12.1 Å². The van der Waals surface area contributed by atoms with E-state index < -0.39 is 0 Å². The van der Waals surface area contributed by atoms with Crippen LogP contribution in [0.2, 0.25) is 4.34 Å². The molecule has 18 heavy (non-hydrogen) atoms. The maximum absolute atomic E-state index is 5.94. The lowest BCUT2D eigenvalue weighted by molar-refractivity contribution is 0.557. The summed E-state index contributed by atoms with van der Waals surface area (Å²) in [7, 11) is 0. The Balaban J connectivity index is 2.14. The number of aryl methyl sites for hydroxylation is 1. The van der Waals surface area contributed by atoms with E-state index in [0.29, 0.717) is 0 Å². The van der Waals surface area contributed by atoms with Crippen LogP contribution in [0.4, 0.5) is 0 Å². The summed E-state index contributed by atoms with van der Waals surface area (Å²) < 4.78 is 4.83. The first-order valence-corrected chi connectivity index (χ1v) is 7.72. The van der Waals surface area contributed by atoms with Crippen molar-refractivity contribution in [3.05, 3.63) is 31.9 Å². The number of hydrogen-bond acceptors (Lipinski definition) is 6. The van der Waals surface area contributed by atoms with Crippen molar-refractivity contribution in [1.29, 1.82) is 0 Å². The monoisotopic (exact) mass is 302 g/mol. The highest BCUT2D eigenvalue weighted by molar-refractivity contribution is 7.16. The lowest BCUT2D eigenvalue weighted by Gasteiger charge is -2.13. The number of thiophene rings is 1. The van der Waals surface area contributed by atoms with Gasteiger partial charge in [-0.25, -0.2) is 0 Å². The van der Waals surface area contributed by atoms with Crippen LogP contribution in [0.3, 0.4) is 0 Å². The molecule has 0 fully saturated rings. The standard InChI is InChI=1S/C11H15ClN4S2/c1-2-3-8-11(18-16-15-8)9(14-13)6-7-4-5-10(12)17-7/h4-5,9,14H,2-3,6,13H2,1H3. The first-order chi connectivity index (χ1) is 8.74. The number of hydrogen-bond donors (Lipinski definition) is 2. The summed E-state index contributed by atoms with van der Waals surface area (Å²) in [5.41, 5.74) is 3.90. The highest BCUT2D eigenvalue weighted by Gasteiger charge is 2.19. The van der Waals surface area contributed by atoms with Gasteiger partial charge in [0.1, 0.15) is 0 Å². The predicted molar refractivity (Wildman–Crippen MR) is 77.0 cm³/mol. The van der Waals surface area contributed by atoms with E-state index in [1.54, 1.807) is 11.3 Å². The Kier molecular flexibility index (Phi) is 5.08. The van der Waals surface area contributed by atoms with Gasteiger partial charge in [-0.15, -0.1) is 16.4 Å². The van der Waals surface area contributed by atoms with Gasteiger partial charge in [0.15, 0.2) is 0 Å². The molecule has 0 spiro atoms. The van der Waals surface area contributed by atoms with Crippen LogP contribution in [0.25, 0.3) is 0 Å². The summed E-state index contributed by atoms with van der Waals surface area (Å²) in [6, 6.07) is 4.00. The van der Waals surface area contributed by atoms with Gasteiger partial charge in [-0.05, 0) is 30.1 Å². The maximum Gasteiger partial charge on any atom is 0.0931 e. The van der Waals surface area contributed by atoms with Crippen LogP contribution in [0, 0.1) is 0 Å². The van der Waals surface area contributed by atoms with Gasteiger partial charge in [0.25, 0.3) is 0 Å². The Hall–Kier alpha value is -0.530. The second-order valence-corrected chi connectivity index (χ2v) is 6.55. The fraction of sp³-hybridized carbons (Fsp3) is 0.455. The third-order valence-electron chi connectivity index (χ3n) is 2.62. The van der Waals surface area contributed by atoms with E-state index in [2.05, 4.69) is 21.9 Å². The molecule has 2 aromatic heterocycles. The van der Waals surface area contributed by atoms with Gasteiger partial charge in [-0.2, -0.15) is 0 Å². The van der Waals surface area contributed by atoms with E-state index in [1.165, 1.54) is 16.4 Å². The highest BCUT2D eigenvalue weighted by Crippen LogP contribution is 2.29. The Morgan fingerprint density at radius 2 is 2.33 bits per heavy atom. The van der Waals surface area contributed by atoms with E-state index in [-0.39, 0.29) is 6.04 Å². The van der Waals surface area contributed by atoms with Crippen molar-refractivity contribution in [3.63, 3.8) is 0 Å². The first-order valence-electron chi connectivity index (χ1n) is 5.76. The molecule has 0 saturated carbocycles. The second-order valence-electron chi connectivity index (χ2n) is 3.96. The molecule has 0 radical (unpaired) electrons. The van der Waals surface area contributed by atoms with E-state index in [9.17, 15) is 0 Å². The lowest BCUT2D eigenvalue weighted by Crippen LogP contribution is -2.29. The molecule has 1 unspecified atom stereocenters. The fourth-order valence-electron chi connectivity index (χ4n) is 1.78. The predicted octanol–water partition coefficient (Wildman–Crippen LogP) is 2.95. The van der Waals surface area contributed by atoms with Gasteiger partial charge in [0.2, 0.25) is 0 Å². The SMILES string of the molecule is CCCc1nnsc1C(Cc1ccc(Cl)s1)NN. The molecule has 0 aliphatic rings. The number of nitrogens with zero attached hydrogens (tertiary/aromatic N) is 2. The number of aromatic nitrogens is 2. The minimum absolute atomic E-state index is 0.0567. The van der Waals surface area contributed by atoms with Gasteiger partial charge in [-0.1, -0.05) is 29.4 Å². The quantitative estimate of drug-likeness (QED) is 0.636. The summed E-state index contributed by atoms with van der Waals surface area (Å²) in [4.78, 5) is 2.34. The van der Waals surface area contributed by atoms with Crippen molar-refractivity contribution in [1.82, 2.24) is 15.0 Å². The molecule has 0 aliphatic heterocycles. The van der Waals surface area contributed by atoms with Crippen molar-refractivity contribution in [2.24, 2.45) is 5.84 Å². The molecule has 2 heterocycles. The van der Waals surface area contributed by atoms with Gasteiger partial charge in [-0.3, -0.25) is 11.3 Å². The zero-order chi connectivity index (χ0) is 13.0. The van der Waals surface area contributed by atoms with Crippen LogP contribution in [0.1, 0.15) is 34.8 Å². The minimum atomic E-state index is 0.0567. The summed E-state index contributed by atoms with van der Waals surface area (Å²) in [5, 5.41) is 4.17. The van der Waals surface area contributed by atoms with Crippen molar-refractivity contribution in [2.75, 3.05) is 0 Å². The summed E-state index contributed by atoms with van der Waals surface area (Å²) in [6.45, 7) is 2.13. The molecule has 2 aromatic rings. The smallest absolute Gasteiger partial charge is 0.0931 e. The Morgan fingerprint density at radius 1 is 1.50 bits per heavy atom. The van der Waals surface area contributed by atoms with Crippen molar-refractivity contribution < 1.29 is 0 Å². The van der Waals surface area contributed by atoms with Gasteiger partial charge < -0.3 is 0 Å². The number of hydrazine groups is 1. The summed E-state index contributed by atoms with van der Waals surface area (Å²) >= 11 is 8.94. The molecule has 1 atom stereocenters. The number of halogens is 1. The van der Waals surface area contributed by atoms with E-state index in [4.69, 9.17) is 17.4 Å². The van der Waals surface area contributed by atoms with Crippen LogP contribution in [0.15, 0.2) is 12.1 Å². The normalized spacial score (nSPS) is 12.8. The Morgan fingerprint density at radius 3 is 2.94 bits per heavy atom. The molecular formula is C11H15ClN4S2. The van der Waals surface area contributed by atoms with Crippen LogP contribution < -0.4 is 11.3 Å². The first kappa shape index (κ1) is 13.9. The molecule has 0 aromatic carbocycles. The van der Waals surface area contributed by atoms with Gasteiger partial charge in [0.05, 0.1) is 20.9 Å². The molecule has 0 saturated heterocycles. The zero-order valence-corrected chi connectivity index (χ0v) is 12.4. The molecule has 0 aliphatic carbocycles. The maximum atomic E-state index is 5.94. The molecule has 2 rings (SSSR count). The summed E-state index contributed by atoms with van der Waals surface area (Å²) in [5.74, 6) is 5.66. The van der Waals surface area contributed by atoms with E-state index in [0.717, 1.165) is 34.2 Å². The molecule has 0 amide bonds. The van der Waals surface area contributed by atoms with E-state index >= 15 is 0 Å². The fourth-order valence-corrected chi connectivity index (χ4v) is 3.67. The summed E-state index contributed by atoms with van der Waals surface area (Å²) in [6.07, 6.45) is 2.81. The molecule has 4 nitrogen and oxygen atoms in total. The van der Waals surface area contributed by atoms with Crippen molar-refractivity contribution >= 4 is 34.5 Å². The topological polar surface area (TPSA) is 63.8 Å². The van der Waals surface area contributed by atoms with Crippen molar-refractivity contribution in [3.8, 4) is 0 Å². The van der Waals surface area contributed by atoms with Gasteiger partial charge >= 0.3 is 0 Å². The third kappa shape index (κ3) is 3.27. The Bertz CT molecular complexity index is 497. The lowest BCUT2D eigenvalue weighted by atomic mass is 10.1. The molecular weight excluding hydrogens is 288 g/mol. The average Bonchev–Trinajstić information content (AvgIpc) is 2.96. The van der Waals surface area contributed by atoms with Crippen molar-refractivity contribution in [2.45, 2.75) is 32.2 Å². The van der Waals surface area contributed by atoms with Crippen LogP contribution >= 0.6 is 34.5 Å². The molecule has 0 bridgehead atoms. The largest absolute Gasteiger partial charge is 0.271 e. The third-order valence-corrected chi connectivity index (χ3v) is 4.76. The Labute approximate surface area is 119 Å². The van der Waals surface area contributed by atoms with Crippen LogP contribution in [-0.4, -0.2) is 9.59 Å². The zero-order valence-electron chi connectivity index (χ0n) is 10.0. The molecule has 98 valence electrons. The van der Waals surface area contributed by atoms with Crippen LogP contribution in [0.5, 0.6) is 0 Å². The van der Waals surface area contributed by atoms with Crippen LogP contribution in [-0.2, 0) is 12.8 Å². The second kappa shape index (κ2) is 6.58. The number of nitrogens with two attached hydrogens (primary N) is 1. The highest BCUT2D eigenvalue weighted by atomic mass is 35.5. The minimum Gasteiger partial charge on any atom is -0.271 e. The molecule has 7 heteroatoms. The molecule has 3 N–H and O–H groups in total. The average molecular weight is 303 g/mol. The number of rotatable bonds is 6. The van der Waals surface area contributed by atoms with Gasteiger partial charge in [0, 0.05) is 11.3 Å².